The molecular weight excluding hydrogens is 388 g/mol. The number of nitrogens with zero attached hydrogens (tertiary/aromatic N) is 5. The van der Waals surface area contributed by atoms with E-state index in [1.165, 1.54) is 11.8 Å². The molecule has 0 aromatic carbocycles. The van der Waals surface area contributed by atoms with Crippen molar-refractivity contribution in [1.29, 1.82) is 0 Å². The summed E-state index contributed by atoms with van der Waals surface area (Å²) in [6.07, 6.45) is 5.06. The highest BCUT2D eigenvalue weighted by molar-refractivity contribution is 7.98. The molecule has 0 saturated heterocycles. The van der Waals surface area contributed by atoms with E-state index in [-0.39, 0.29) is 11.9 Å². The van der Waals surface area contributed by atoms with Gasteiger partial charge in [-0.05, 0) is 39.0 Å². The Morgan fingerprint density at radius 2 is 2.14 bits per heavy atom. The quantitative estimate of drug-likeness (QED) is 0.476. The molecular formula is C20H20N6O2S. The van der Waals surface area contributed by atoms with Crippen molar-refractivity contribution in [2.24, 2.45) is 0 Å². The van der Waals surface area contributed by atoms with Gasteiger partial charge in [0.1, 0.15) is 10.8 Å². The Hall–Kier alpha value is -3.20. The summed E-state index contributed by atoms with van der Waals surface area (Å²) in [6, 6.07) is 7.44. The van der Waals surface area contributed by atoms with Gasteiger partial charge in [0.05, 0.1) is 29.3 Å². The smallest absolute Gasteiger partial charge is 0.258 e. The molecule has 0 saturated carbocycles. The van der Waals surface area contributed by atoms with Gasteiger partial charge >= 0.3 is 0 Å². The van der Waals surface area contributed by atoms with Crippen LogP contribution < -0.4 is 5.32 Å². The molecule has 9 heteroatoms. The molecule has 0 fully saturated rings. The first kappa shape index (κ1) is 19.1. The summed E-state index contributed by atoms with van der Waals surface area (Å²) in [5.41, 5.74) is 2.70. The highest BCUT2D eigenvalue weighted by Crippen LogP contribution is 2.25. The van der Waals surface area contributed by atoms with Crippen LogP contribution in [0.4, 0.5) is 5.69 Å². The van der Waals surface area contributed by atoms with Crippen LogP contribution in [-0.2, 0) is 5.75 Å². The number of fused-ring (bicyclic) bond motifs is 1. The van der Waals surface area contributed by atoms with Crippen LogP contribution in [0.3, 0.4) is 0 Å². The molecule has 4 heterocycles. The van der Waals surface area contributed by atoms with Crippen molar-refractivity contribution in [3.8, 4) is 0 Å². The average molecular weight is 408 g/mol. The third-order valence-electron chi connectivity index (χ3n) is 4.23. The lowest BCUT2D eigenvalue weighted by molar-refractivity contribution is 0.102. The maximum Gasteiger partial charge on any atom is 0.258 e. The van der Waals surface area contributed by atoms with Gasteiger partial charge in [0.15, 0.2) is 5.65 Å². The molecule has 4 aromatic rings. The Balaban J connectivity index is 1.52. The molecule has 0 aliphatic carbocycles. The Bertz CT molecular complexity index is 1170. The van der Waals surface area contributed by atoms with Gasteiger partial charge < -0.3 is 9.84 Å². The lowest BCUT2D eigenvalue weighted by atomic mass is 10.2. The second kappa shape index (κ2) is 8.04. The van der Waals surface area contributed by atoms with Crippen molar-refractivity contribution in [2.75, 3.05) is 5.32 Å². The number of anilines is 1. The molecule has 1 N–H and O–H groups in total. The number of nitrogens with one attached hydrogen (secondary N) is 1. The highest BCUT2D eigenvalue weighted by Gasteiger charge is 2.15. The molecule has 4 rings (SSSR count). The van der Waals surface area contributed by atoms with Crippen LogP contribution in [0.5, 0.6) is 0 Å². The van der Waals surface area contributed by atoms with Crippen LogP contribution in [-0.4, -0.2) is 30.8 Å². The molecule has 29 heavy (non-hydrogen) atoms. The van der Waals surface area contributed by atoms with Crippen molar-refractivity contribution in [3.63, 3.8) is 0 Å². The first-order valence-corrected chi connectivity index (χ1v) is 10.1. The standard InChI is InChI=1S/C20H20N6O2S/c1-12(2)26-18-14(9-23-26)8-15(10-22-18)24-19(27)17-5-4-6-21-20(17)29-11-16-7-13(3)28-25-16/h4-10,12H,11H2,1-3H3,(H,24,27). The van der Waals surface area contributed by atoms with Crippen LogP contribution in [0.25, 0.3) is 11.0 Å². The topological polar surface area (TPSA) is 98.7 Å². The number of amides is 1. The fourth-order valence-corrected chi connectivity index (χ4v) is 3.76. The maximum absolute atomic E-state index is 12.9. The first-order chi connectivity index (χ1) is 14.0. The zero-order valence-electron chi connectivity index (χ0n) is 16.3. The second-order valence-corrected chi connectivity index (χ2v) is 7.81. The highest BCUT2D eigenvalue weighted by atomic mass is 32.2. The van der Waals surface area contributed by atoms with Crippen molar-refractivity contribution in [2.45, 2.75) is 37.6 Å². The average Bonchev–Trinajstić information content (AvgIpc) is 3.32. The van der Waals surface area contributed by atoms with Gasteiger partial charge in [-0.3, -0.25) is 4.79 Å². The Morgan fingerprint density at radius 1 is 1.28 bits per heavy atom. The summed E-state index contributed by atoms with van der Waals surface area (Å²) in [5.74, 6) is 1.08. The Labute approximate surface area is 171 Å². The number of aromatic nitrogens is 5. The predicted octanol–water partition coefficient (Wildman–Crippen LogP) is 4.25. The van der Waals surface area contributed by atoms with Crippen molar-refractivity contribution in [1.82, 2.24) is 24.9 Å². The van der Waals surface area contributed by atoms with E-state index in [1.54, 1.807) is 30.7 Å². The third-order valence-corrected chi connectivity index (χ3v) is 5.27. The van der Waals surface area contributed by atoms with Crippen LogP contribution in [0.2, 0.25) is 0 Å². The minimum Gasteiger partial charge on any atom is -0.361 e. The lowest BCUT2D eigenvalue weighted by Crippen LogP contribution is -2.14. The summed E-state index contributed by atoms with van der Waals surface area (Å²) in [4.78, 5) is 21.7. The number of carbonyl (C=O) groups is 1. The van der Waals surface area contributed by atoms with Gasteiger partial charge in [-0.2, -0.15) is 5.10 Å². The number of hydrogen-bond acceptors (Lipinski definition) is 7. The van der Waals surface area contributed by atoms with Gasteiger partial charge in [0, 0.05) is 29.4 Å². The second-order valence-electron chi connectivity index (χ2n) is 6.85. The van der Waals surface area contributed by atoms with Crippen LogP contribution >= 0.6 is 11.8 Å². The summed E-state index contributed by atoms with van der Waals surface area (Å²) in [7, 11) is 0. The predicted molar refractivity (Wildman–Crippen MR) is 111 cm³/mol. The summed E-state index contributed by atoms with van der Waals surface area (Å²) >= 11 is 1.44. The maximum atomic E-state index is 12.9. The summed E-state index contributed by atoms with van der Waals surface area (Å²) in [6.45, 7) is 5.94. The van der Waals surface area contributed by atoms with E-state index in [0.29, 0.717) is 22.0 Å². The number of aryl methyl sites for hydroxylation is 1. The normalized spacial score (nSPS) is 11.3. The fraction of sp³-hybridized carbons (Fsp3) is 0.250. The fourth-order valence-electron chi connectivity index (χ4n) is 2.89. The molecule has 0 spiro atoms. The van der Waals surface area contributed by atoms with Crippen LogP contribution in [0, 0.1) is 6.92 Å². The van der Waals surface area contributed by atoms with Gasteiger partial charge in [0.2, 0.25) is 0 Å². The van der Waals surface area contributed by atoms with E-state index in [2.05, 4.69) is 25.5 Å². The number of rotatable bonds is 6. The Morgan fingerprint density at radius 3 is 2.90 bits per heavy atom. The van der Waals surface area contributed by atoms with E-state index >= 15 is 0 Å². The first-order valence-electron chi connectivity index (χ1n) is 9.16. The molecule has 8 nitrogen and oxygen atoms in total. The van der Waals surface area contributed by atoms with E-state index in [4.69, 9.17) is 4.52 Å². The molecule has 0 bridgehead atoms. The number of hydrogen-bond donors (Lipinski definition) is 1. The summed E-state index contributed by atoms with van der Waals surface area (Å²) in [5, 5.41) is 12.7. The van der Waals surface area contributed by atoms with Crippen molar-refractivity contribution in [3.05, 3.63) is 59.9 Å². The number of thioether (sulfide) groups is 1. The molecule has 0 aliphatic rings. The van der Waals surface area contributed by atoms with E-state index < -0.39 is 0 Å². The molecule has 0 radical (unpaired) electrons. The zero-order chi connectivity index (χ0) is 20.4. The van der Waals surface area contributed by atoms with E-state index in [1.807, 2.05) is 37.6 Å². The molecule has 1 amide bonds. The monoisotopic (exact) mass is 408 g/mol. The van der Waals surface area contributed by atoms with Crippen LogP contribution in [0.1, 0.15) is 41.7 Å². The minimum atomic E-state index is -0.241. The SMILES string of the molecule is Cc1cc(CSc2ncccc2C(=O)Nc2cnc3c(cnn3C(C)C)c2)no1. The molecule has 0 aliphatic heterocycles. The molecule has 0 atom stereocenters. The van der Waals surface area contributed by atoms with Gasteiger partial charge in [0.25, 0.3) is 5.91 Å². The van der Waals surface area contributed by atoms with Crippen LogP contribution in [0.15, 0.2) is 52.4 Å². The largest absolute Gasteiger partial charge is 0.361 e. The van der Waals surface area contributed by atoms with Crippen molar-refractivity contribution >= 4 is 34.4 Å². The van der Waals surface area contributed by atoms with E-state index in [0.717, 1.165) is 22.5 Å². The van der Waals surface area contributed by atoms with Gasteiger partial charge in [-0.15, -0.1) is 0 Å². The van der Waals surface area contributed by atoms with Crippen molar-refractivity contribution < 1.29 is 9.32 Å². The molecule has 148 valence electrons. The zero-order valence-corrected chi connectivity index (χ0v) is 17.1. The molecule has 0 unspecified atom stereocenters. The van der Waals surface area contributed by atoms with E-state index in [9.17, 15) is 4.79 Å². The minimum absolute atomic E-state index is 0.212. The van der Waals surface area contributed by atoms with Gasteiger partial charge in [-0.1, -0.05) is 16.9 Å². The number of carbonyl (C=O) groups excluding carboxylic acids is 1. The molecule has 4 aromatic heterocycles. The lowest BCUT2D eigenvalue weighted by Gasteiger charge is -2.09. The number of pyridine rings is 2. The van der Waals surface area contributed by atoms with Gasteiger partial charge in [-0.25, -0.2) is 14.6 Å². The summed E-state index contributed by atoms with van der Waals surface area (Å²) < 4.78 is 6.93. The third kappa shape index (κ3) is 4.14. The Kier molecular flexibility index (Phi) is 5.30.